The Morgan fingerprint density at radius 3 is 2.69 bits per heavy atom. The van der Waals surface area contributed by atoms with Crippen LogP contribution in [-0.4, -0.2) is 34.4 Å². The number of aromatic amines is 2. The summed E-state index contributed by atoms with van der Waals surface area (Å²) in [7, 11) is -1.81. The summed E-state index contributed by atoms with van der Waals surface area (Å²) in [5.74, 6) is -0.121. The van der Waals surface area contributed by atoms with Gasteiger partial charge in [0.1, 0.15) is 5.69 Å². The minimum Gasteiger partial charge on any atom is -0.413 e. The van der Waals surface area contributed by atoms with Gasteiger partial charge in [-0.2, -0.15) is 5.10 Å². The van der Waals surface area contributed by atoms with Crippen molar-refractivity contribution >= 4 is 46.7 Å². The van der Waals surface area contributed by atoms with Crippen LogP contribution in [0.3, 0.4) is 0 Å². The Morgan fingerprint density at radius 2 is 1.94 bits per heavy atom. The van der Waals surface area contributed by atoms with Crippen LogP contribution in [0.15, 0.2) is 54.7 Å². The van der Waals surface area contributed by atoms with Gasteiger partial charge < -0.3 is 14.7 Å². The van der Waals surface area contributed by atoms with Crippen LogP contribution < -0.4 is 5.32 Å². The lowest BCUT2D eigenvalue weighted by Gasteiger charge is -2.36. The minimum absolute atomic E-state index is 0.121. The molecule has 0 unspecified atom stereocenters. The summed E-state index contributed by atoms with van der Waals surface area (Å²) in [6.07, 6.45) is 1.72. The number of benzene rings is 1. The summed E-state index contributed by atoms with van der Waals surface area (Å²) in [4.78, 5) is 21.1. The summed E-state index contributed by atoms with van der Waals surface area (Å²) < 4.78 is 7.36. The van der Waals surface area contributed by atoms with E-state index in [1.807, 2.05) is 24.3 Å². The second-order valence-corrected chi connectivity index (χ2v) is 16.4. The number of carbonyl (C=O) groups is 1. The molecular weight excluding hydrogens is 486 g/mol. The predicted molar refractivity (Wildman–Crippen MR) is 149 cm³/mol. The highest BCUT2D eigenvalue weighted by atomic mass is 32.1. The Kier molecular flexibility index (Phi) is 6.32. The number of rotatable bonds is 7. The number of hydrogen-bond donors (Lipinski definition) is 3. The fourth-order valence-electron chi connectivity index (χ4n) is 3.75. The monoisotopic (exact) mass is 517 g/mol. The third-order valence-corrected chi connectivity index (χ3v) is 12.6. The number of aromatic nitrogens is 4. The molecule has 7 nitrogen and oxygen atoms in total. The molecule has 36 heavy (non-hydrogen) atoms. The van der Waals surface area contributed by atoms with Crippen LogP contribution in [0.4, 0.5) is 0 Å². The van der Waals surface area contributed by atoms with Crippen molar-refractivity contribution in [3.8, 4) is 11.4 Å². The van der Waals surface area contributed by atoms with Gasteiger partial charge >= 0.3 is 0 Å². The summed E-state index contributed by atoms with van der Waals surface area (Å²) in [6, 6.07) is 16.0. The lowest BCUT2D eigenvalue weighted by atomic mass is 10.1. The van der Waals surface area contributed by atoms with Gasteiger partial charge in [-0.1, -0.05) is 32.9 Å². The number of amides is 1. The number of carbonyl (C=O) groups excluding carboxylic acids is 1. The van der Waals surface area contributed by atoms with Crippen LogP contribution in [0.5, 0.6) is 0 Å². The molecule has 0 fully saturated rings. The third-order valence-electron chi connectivity index (χ3n) is 6.96. The van der Waals surface area contributed by atoms with Gasteiger partial charge in [-0.05, 0) is 60.1 Å². The zero-order chi connectivity index (χ0) is 25.5. The molecular formula is C27H31N5O2SSi. The normalized spacial score (nSPS) is 12.5. The van der Waals surface area contributed by atoms with Gasteiger partial charge in [0.15, 0.2) is 8.32 Å². The SMILES string of the molecule is CC(C)(C)[Si](C)(C)OCc1ccc2[nH]c(-c3n[nH]c4cc(C(=O)NCc5ccccn5)sc34)cc2c1. The molecule has 0 saturated heterocycles. The number of nitrogens with zero attached hydrogens (tertiary/aromatic N) is 2. The highest BCUT2D eigenvalue weighted by molar-refractivity contribution is 7.21. The zero-order valence-corrected chi connectivity index (χ0v) is 23.0. The van der Waals surface area contributed by atoms with Gasteiger partial charge in [0.2, 0.25) is 0 Å². The van der Waals surface area contributed by atoms with Crippen LogP contribution >= 0.6 is 11.3 Å². The van der Waals surface area contributed by atoms with Gasteiger partial charge in [-0.15, -0.1) is 11.3 Å². The molecule has 0 bridgehead atoms. The molecule has 0 aliphatic carbocycles. The number of thiophene rings is 1. The van der Waals surface area contributed by atoms with E-state index in [4.69, 9.17) is 4.43 Å². The molecule has 1 amide bonds. The standard InChI is InChI=1S/C27H31N5O2SSi/c1-27(2,3)36(4,5)34-16-17-9-10-20-18(12-17)13-21(30-20)24-25-22(31-32-24)14-23(35-25)26(33)29-15-19-8-6-7-11-28-19/h6-14,30H,15-16H2,1-5H3,(H,29,33)(H,31,32). The number of nitrogens with one attached hydrogen (secondary N) is 3. The lowest BCUT2D eigenvalue weighted by Crippen LogP contribution is -2.40. The van der Waals surface area contributed by atoms with Gasteiger partial charge in [0, 0.05) is 17.1 Å². The van der Waals surface area contributed by atoms with Crippen molar-refractivity contribution in [3.63, 3.8) is 0 Å². The summed E-state index contributed by atoms with van der Waals surface area (Å²) >= 11 is 1.43. The van der Waals surface area contributed by atoms with E-state index < -0.39 is 8.32 Å². The maximum atomic E-state index is 12.7. The Morgan fingerprint density at radius 1 is 1.11 bits per heavy atom. The average molecular weight is 518 g/mol. The molecule has 0 saturated carbocycles. The first-order chi connectivity index (χ1) is 17.1. The van der Waals surface area contributed by atoms with Crippen molar-refractivity contribution in [1.29, 1.82) is 0 Å². The number of pyridine rings is 1. The highest BCUT2D eigenvalue weighted by Gasteiger charge is 2.37. The van der Waals surface area contributed by atoms with Crippen molar-refractivity contribution in [2.24, 2.45) is 0 Å². The molecule has 0 aliphatic heterocycles. The molecule has 4 aromatic heterocycles. The molecule has 0 radical (unpaired) electrons. The first-order valence-corrected chi connectivity index (χ1v) is 15.8. The maximum absolute atomic E-state index is 12.7. The molecule has 186 valence electrons. The van der Waals surface area contributed by atoms with Crippen LogP contribution in [0.1, 0.15) is 41.7 Å². The van der Waals surface area contributed by atoms with Gasteiger partial charge in [0.05, 0.1) is 39.6 Å². The van der Waals surface area contributed by atoms with Crippen molar-refractivity contribution < 1.29 is 9.22 Å². The third kappa shape index (κ3) is 4.86. The van der Waals surface area contributed by atoms with Crippen molar-refractivity contribution in [2.45, 2.75) is 52.1 Å². The Bertz CT molecular complexity index is 1530. The first-order valence-electron chi connectivity index (χ1n) is 12.0. The molecule has 5 aromatic rings. The smallest absolute Gasteiger partial charge is 0.261 e. The van der Waals surface area contributed by atoms with E-state index in [2.05, 4.69) is 83.6 Å². The van der Waals surface area contributed by atoms with Gasteiger partial charge in [0.25, 0.3) is 5.91 Å². The Labute approximate surface area is 215 Å². The van der Waals surface area contributed by atoms with E-state index in [0.29, 0.717) is 18.0 Å². The number of fused-ring (bicyclic) bond motifs is 2. The van der Waals surface area contributed by atoms with Gasteiger partial charge in [-0.25, -0.2) is 0 Å². The van der Waals surface area contributed by atoms with E-state index in [1.54, 1.807) is 6.20 Å². The molecule has 0 aliphatic rings. The minimum atomic E-state index is -1.81. The van der Waals surface area contributed by atoms with Gasteiger partial charge in [-0.3, -0.25) is 14.9 Å². The van der Waals surface area contributed by atoms with Crippen molar-refractivity contribution in [1.82, 2.24) is 25.5 Å². The molecule has 0 atom stereocenters. The topological polar surface area (TPSA) is 95.7 Å². The molecule has 3 N–H and O–H groups in total. The van der Waals surface area contributed by atoms with Crippen molar-refractivity contribution in [2.75, 3.05) is 0 Å². The lowest BCUT2D eigenvalue weighted by molar-refractivity contribution is 0.0954. The van der Waals surface area contributed by atoms with Crippen LogP contribution in [0, 0.1) is 0 Å². The van der Waals surface area contributed by atoms with E-state index in [-0.39, 0.29) is 10.9 Å². The van der Waals surface area contributed by atoms with Crippen LogP contribution in [0.2, 0.25) is 18.1 Å². The highest BCUT2D eigenvalue weighted by Crippen LogP contribution is 2.38. The fraction of sp³-hybridized carbons (Fsp3) is 0.296. The summed E-state index contributed by atoms with van der Waals surface area (Å²) in [6.45, 7) is 12.3. The summed E-state index contributed by atoms with van der Waals surface area (Å²) in [5.41, 5.74) is 5.60. The number of hydrogen-bond acceptors (Lipinski definition) is 5. The predicted octanol–water partition coefficient (Wildman–Crippen LogP) is 6.62. The second kappa shape index (κ2) is 9.31. The first kappa shape index (κ1) is 24.4. The Hall–Kier alpha value is -3.27. The summed E-state index contributed by atoms with van der Waals surface area (Å²) in [5, 5.41) is 11.8. The largest absolute Gasteiger partial charge is 0.413 e. The fourth-order valence-corrected chi connectivity index (χ4v) is 5.74. The molecule has 1 aromatic carbocycles. The van der Waals surface area contributed by atoms with E-state index in [1.165, 1.54) is 11.3 Å². The quantitative estimate of drug-likeness (QED) is 0.211. The molecule has 4 heterocycles. The second-order valence-electron chi connectivity index (χ2n) is 10.6. The maximum Gasteiger partial charge on any atom is 0.261 e. The average Bonchev–Trinajstić information content (AvgIpc) is 3.54. The van der Waals surface area contributed by atoms with Crippen molar-refractivity contribution in [3.05, 3.63) is 70.9 Å². The Balaban J connectivity index is 1.34. The van der Waals surface area contributed by atoms with E-state index in [9.17, 15) is 4.79 Å². The van der Waals surface area contributed by atoms with Crippen LogP contribution in [0.25, 0.3) is 32.5 Å². The van der Waals surface area contributed by atoms with Crippen LogP contribution in [-0.2, 0) is 17.6 Å². The molecule has 0 spiro atoms. The van der Waals surface area contributed by atoms with E-state index >= 15 is 0 Å². The molecule has 5 rings (SSSR count). The zero-order valence-electron chi connectivity index (χ0n) is 21.2. The number of H-pyrrole nitrogens is 2. The van der Waals surface area contributed by atoms with E-state index in [0.717, 1.165) is 43.8 Å². The molecule has 9 heteroatoms.